The Morgan fingerprint density at radius 2 is 2.39 bits per heavy atom. The number of ether oxygens (including phenoxy) is 1. The SMILES string of the molecule is COc1cc(NCC2CCCCN2)nc(SC)n1. The molecular formula is C12H20N4OS. The first-order valence-corrected chi connectivity index (χ1v) is 7.48. The number of hydrogen-bond donors (Lipinski definition) is 2. The van der Waals surface area contributed by atoms with Gasteiger partial charge in [0.15, 0.2) is 5.16 Å². The van der Waals surface area contributed by atoms with E-state index in [-0.39, 0.29) is 0 Å². The summed E-state index contributed by atoms with van der Waals surface area (Å²) in [5, 5.41) is 7.59. The molecule has 0 radical (unpaired) electrons. The zero-order valence-corrected chi connectivity index (χ0v) is 11.7. The molecule has 1 fully saturated rings. The monoisotopic (exact) mass is 268 g/mol. The second-order valence-electron chi connectivity index (χ2n) is 4.31. The first-order valence-electron chi connectivity index (χ1n) is 6.26. The number of methoxy groups -OCH3 is 1. The Morgan fingerprint density at radius 1 is 1.50 bits per heavy atom. The third kappa shape index (κ3) is 3.74. The summed E-state index contributed by atoms with van der Waals surface area (Å²) < 4.78 is 5.17. The Morgan fingerprint density at radius 3 is 3.06 bits per heavy atom. The Balaban J connectivity index is 1.94. The zero-order valence-electron chi connectivity index (χ0n) is 10.9. The zero-order chi connectivity index (χ0) is 12.8. The van der Waals surface area contributed by atoms with Crippen molar-refractivity contribution in [1.29, 1.82) is 0 Å². The molecule has 1 aliphatic heterocycles. The number of anilines is 1. The second-order valence-corrected chi connectivity index (χ2v) is 5.08. The standard InChI is InChI=1S/C12H20N4OS/c1-17-11-7-10(15-12(16-11)18-2)14-8-9-5-3-4-6-13-9/h7,9,13H,3-6,8H2,1-2H3,(H,14,15,16). The molecule has 1 aromatic rings. The molecule has 1 atom stereocenters. The molecule has 0 saturated carbocycles. The van der Waals surface area contributed by atoms with E-state index in [4.69, 9.17) is 4.74 Å². The lowest BCUT2D eigenvalue weighted by atomic mass is 10.1. The minimum atomic E-state index is 0.539. The van der Waals surface area contributed by atoms with Gasteiger partial charge in [0.25, 0.3) is 0 Å². The molecule has 6 heteroatoms. The molecule has 0 amide bonds. The topological polar surface area (TPSA) is 59.1 Å². The van der Waals surface area contributed by atoms with Crippen molar-refractivity contribution in [3.8, 4) is 5.88 Å². The van der Waals surface area contributed by atoms with E-state index in [1.54, 1.807) is 7.11 Å². The van der Waals surface area contributed by atoms with Gasteiger partial charge in [0.05, 0.1) is 7.11 Å². The van der Waals surface area contributed by atoms with Crippen LogP contribution in [0.2, 0.25) is 0 Å². The highest BCUT2D eigenvalue weighted by Crippen LogP contribution is 2.18. The van der Waals surface area contributed by atoms with Crippen molar-refractivity contribution in [2.24, 2.45) is 0 Å². The summed E-state index contributed by atoms with van der Waals surface area (Å²) in [6.45, 7) is 2.02. The van der Waals surface area contributed by atoms with E-state index in [9.17, 15) is 0 Å². The Kier molecular flexibility index (Phi) is 5.07. The van der Waals surface area contributed by atoms with Crippen LogP contribution in [0.3, 0.4) is 0 Å². The van der Waals surface area contributed by atoms with Crippen molar-refractivity contribution in [3.63, 3.8) is 0 Å². The number of aromatic nitrogens is 2. The second kappa shape index (κ2) is 6.80. The van der Waals surface area contributed by atoms with Crippen LogP contribution < -0.4 is 15.4 Å². The first-order chi connectivity index (χ1) is 8.81. The Hall–Kier alpha value is -1.01. The Bertz CT molecular complexity index is 360. The highest BCUT2D eigenvalue weighted by Gasteiger charge is 2.12. The molecule has 0 aliphatic carbocycles. The Labute approximate surface area is 112 Å². The van der Waals surface area contributed by atoms with E-state index in [1.165, 1.54) is 31.0 Å². The fourth-order valence-electron chi connectivity index (χ4n) is 2.02. The van der Waals surface area contributed by atoms with E-state index in [1.807, 2.05) is 12.3 Å². The van der Waals surface area contributed by atoms with Crippen molar-refractivity contribution in [1.82, 2.24) is 15.3 Å². The molecule has 2 rings (SSSR count). The van der Waals surface area contributed by atoms with E-state index < -0.39 is 0 Å². The average Bonchev–Trinajstić information content (AvgIpc) is 2.45. The van der Waals surface area contributed by atoms with Crippen LogP contribution in [-0.4, -0.2) is 42.5 Å². The van der Waals surface area contributed by atoms with Crippen LogP contribution in [0.5, 0.6) is 5.88 Å². The van der Waals surface area contributed by atoms with E-state index in [0.717, 1.165) is 24.1 Å². The molecule has 100 valence electrons. The third-order valence-corrected chi connectivity index (χ3v) is 3.56. The third-order valence-electron chi connectivity index (χ3n) is 3.02. The quantitative estimate of drug-likeness (QED) is 0.627. The van der Waals surface area contributed by atoms with Crippen LogP contribution in [0.1, 0.15) is 19.3 Å². The molecule has 1 aromatic heterocycles. The summed E-state index contributed by atoms with van der Waals surface area (Å²) in [5.41, 5.74) is 0. The van der Waals surface area contributed by atoms with Gasteiger partial charge < -0.3 is 15.4 Å². The molecule has 5 nitrogen and oxygen atoms in total. The van der Waals surface area contributed by atoms with Gasteiger partial charge in [-0.15, -0.1) is 0 Å². The van der Waals surface area contributed by atoms with Crippen molar-refractivity contribution in [2.75, 3.05) is 31.8 Å². The summed E-state index contributed by atoms with van der Waals surface area (Å²) in [6, 6.07) is 2.38. The van der Waals surface area contributed by atoms with Gasteiger partial charge in [0.1, 0.15) is 5.82 Å². The van der Waals surface area contributed by atoms with E-state index in [2.05, 4.69) is 20.6 Å². The van der Waals surface area contributed by atoms with Crippen molar-refractivity contribution >= 4 is 17.6 Å². The van der Waals surface area contributed by atoms with Crippen molar-refractivity contribution in [2.45, 2.75) is 30.5 Å². The maximum Gasteiger partial charge on any atom is 0.219 e. The first kappa shape index (κ1) is 13.4. The van der Waals surface area contributed by atoms with Crippen LogP contribution >= 0.6 is 11.8 Å². The van der Waals surface area contributed by atoms with Gasteiger partial charge >= 0.3 is 0 Å². The highest BCUT2D eigenvalue weighted by molar-refractivity contribution is 7.98. The van der Waals surface area contributed by atoms with Gasteiger partial charge in [-0.25, -0.2) is 4.98 Å². The van der Waals surface area contributed by atoms with Crippen LogP contribution in [0.25, 0.3) is 0 Å². The van der Waals surface area contributed by atoms with E-state index >= 15 is 0 Å². The summed E-state index contributed by atoms with van der Waals surface area (Å²) >= 11 is 1.52. The maximum atomic E-state index is 5.17. The predicted molar refractivity (Wildman–Crippen MR) is 74.5 cm³/mol. The normalized spacial score (nSPS) is 19.6. The number of rotatable bonds is 5. The number of nitrogens with one attached hydrogen (secondary N) is 2. The molecule has 0 bridgehead atoms. The molecule has 0 spiro atoms. The molecule has 1 aliphatic rings. The van der Waals surface area contributed by atoms with Crippen LogP contribution in [0.15, 0.2) is 11.2 Å². The number of nitrogens with zero attached hydrogens (tertiary/aromatic N) is 2. The highest BCUT2D eigenvalue weighted by atomic mass is 32.2. The molecule has 2 N–H and O–H groups in total. The fraction of sp³-hybridized carbons (Fsp3) is 0.667. The van der Waals surface area contributed by atoms with Crippen molar-refractivity contribution < 1.29 is 4.74 Å². The minimum absolute atomic E-state index is 0.539. The number of thioether (sulfide) groups is 1. The fourth-order valence-corrected chi connectivity index (χ4v) is 2.39. The lowest BCUT2D eigenvalue weighted by Gasteiger charge is -2.23. The van der Waals surface area contributed by atoms with Gasteiger partial charge in [0, 0.05) is 18.7 Å². The van der Waals surface area contributed by atoms with Gasteiger partial charge in [-0.3, -0.25) is 0 Å². The van der Waals surface area contributed by atoms with Crippen molar-refractivity contribution in [3.05, 3.63) is 6.07 Å². The van der Waals surface area contributed by atoms with Crippen LogP contribution in [0, 0.1) is 0 Å². The molecule has 1 saturated heterocycles. The average molecular weight is 268 g/mol. The summed E-state index contributed by atoms with van der Waals surface area (Å²) in [6.07, 6.45) is 5.78. The van der Waals surface area contributed by atoms with E-state index in [0.29, 0.717) is 11.9 Å². The number of hydrogen-bond acceptors (Lipinski definition) is 6. The lowest BCUT2D eigenvalue weighted by Crippen LogP contribution is -2.39. The minimum Gasteiger partial charge on any atom is -0.481 e. The molecule has 0 aromatic carbocycles. The maximum absolute atomic E-state index is 5.17. The summed E-state index contributed by atoms with van der Waals surface area (Å²) in [7, 11) is 1.62. The largest absolute Gasteiger partial charge is 0.481 e. The lowest BCUT2D eigenvalue weighted by molar-refractivity contribution is 0.392. The van der Waals surface area contributed by atoms with Gasteiger partial charge in [-0.1, -0.05) is 18.2 Å². The van der Waals surface area contributed by atoms with Crippen LogP contribution in [0.4, 0.5) is 5.82 Å². The van der Waals surface area contributed by atoms with Gasteiger partial charge in [-0.05, 0) is 25.6 Å². The molecule has 2 heterocycles. The number of piperidine rings is 1. The van der Waals surface area contributed by atoms with Crippen LogP contribution in [-0.2, 0) is 0 Å². The molecule has 1 unspecified atom stereocenters. The molecule has 18 heavy (non-hydrogen) atoms. The van der Waals surface area contributed by atoms with Gasteiger partial charge in [0.2, 0.25) is 5.88 Å². The summed E-state index contributed by atoms with van der Waals surface area (Å²) in [4.78, 5) is 8.66. The summed E-state index contributed by atoms with van der Waals surface area (Å²) in [5.74, 6) is 1.44. The predicted octanol–water partition coefficient (Wildman–Crippen LogP) is 1.76. The smallest absolute Gasteiger partial charge is 0.219 e. The molecular weight excluding hydrogens is 248 g/mol. The van der Waals surface area contributed by atoms with Gasteiger partial charge in [-0.2, -0.15) is 4.98 Å².